The Kier molecular flexibility index (Phi) is 7.14. The molecule has 6 nitrogen and oxygen atoms in total. The summed E-state index contributed by atoms with van der Waals surface area (Å²) in [4.78, 5) is 13.9. The average Bonchev–Trinajstić information content (AvgIpc) is 2.74. The number of hydrogen-bond donors (Lipinski definition) is 2. The lowest BCUT2D eigenvalue weighted by molar-refractivity contribution is -0.124. The molecule has 3 atom stereocenters. The molecule has 0 radical (unpaired) electrons. The number of benzene rings is 2. The molecule has 2 aromatic carbocycles. The molecule has 2 aromatic rings. The molecule has 168 valence electrons. The van der Waals surface area contributed by atoms with Crippen LogP contribution in [0.1, 0.15) is 52.6 Å². The van der Waals surface area contributed by atoms with E-state index in [0.717, 1.165) is 32.4 Å². The van der Waals surface area contributed by atoms with Crippen molar-refractivity contribution in [2.75, 3.05) is 20.2 Å². The van der Waals surface area contributed by atoms with Crippen molar-refractivity contribution in [3.8, 4) is 11.5 Å². The van der Waals surface area contributed by atoms with Crippen LogP contribution in [0.15, 0.2) is 30.3 Å². The van der Waals surface area contributed by atoms with Crippen molar-refractivity contribution >= 4 is 18.3 Å². The van der Waals surface area contributed by atoms with Crippen LogP contribution in [0.2, 0.25) is 0 Å². The first-order valence-corrected chi connectivity index (χ1v) is 10.6. The second kappa shape index (κ2) is 9.47. The summed E-state index contributed by atoms with van der Waals surface area (Å²) in [6, 6.07) is 11.2. The van der Waals surface area contributed by atoms with Gasteiger partial charge in [-0.15, -0.1) is 12.4 Å². The topological polar surface area (TPSA) is 90.8 Å². The summed E-state index contributed by atoms with van der Waals surface area (Å²) < 4.78 is 11.1. The second-order valence-electron chi connectivity index (χ2n) is 8.54. The minimum Gasteiger partial charge on any atom is -0.493 e. The zero-order chi connectivity index (χ0) is 21.4. The van der Waals surface area contributed by atoms with Crippen LogP contribution in [0.5, 0.6) is 11.5 Å². The van der Waals surface area contributed by atoms with Crippen molar-refractivity contribution in [2.45, 2.75) is 51.3 Å². The van der Waals surface area contributed by atoms with E-state index in [4.69, 9.17) is 20.9 Å². The van der Waals surface area contributed by atoms with Gasteiger partial charge in [0.15, 0.2) is 11.5 Å². The molecular formula is C24H32ClN3O3. The molecule has 0 bridgehead atoms. The maximum Gasteiger partial charge on any atom is 0.273 e. The van der Waals surface area contributed by atoms with Gasteiger partial charge in [-0.05, 0) is 73.4 Å². The first kappa shape index (κ1) is 23.4. The largest absolute Gasteiger partial charge is 0.493 e. The highest BCUT2D eigenvalue weighted by Crippen LogP contribution is 2.45. The quantitative estimate of drug-likeness (QED) is 0.688. The van der Waals surface area contributed by atoms with Gasteiger partial charge in [-0.1, -0.05) is 23.8 Å². The fourth-order valence-corrected chi connectivity index (χ4v) is 4.95. The van der Waals surface area contributed by atoms with Gasteiger partial charge >= 0.3 is 0 Å². The number of carbonyl (C=O) groups excluding carboxylic acids is 1. The molecule has 0 saturated carbocycles. The Hall–Kier alpha value is -2.28. The molecule has 0 aromatic heterocycles. The number of nitrogens with zero attached hydrogens (tertiary/aromatic N) is 1. The molecule has 2 aliphatic rings. The van der Waals surface area contributed by atoms with Crippen molar-refractivity contribution < 1.29 is 14.3 Å². The number of halogens is 1. The highest BCUT2D eigenvalue weighted by molar-refractivity contribution is 5.85. The van der Waals surface area contributed by atoms with Gasteiger partial charge in [0.2, 0.25) is 6.23 Å². The molecule has 7 heteroatoms. The summed E-state index contributed by atoms with van der Waals surface area (Å²) in [5.41, 5.74) is 17.7. The van der Waals surface area contributed by atoms with Gasteiger partial charge in [-0.3, -0.25) is 15.4 Å². The highest BCUT2D eigenvalue weighted by atomic mass is 35.5. The smallest absolute Gasteiger partial charge is 0.273 e. The number of piperidine rings is 1. The van der Waals surface area contributed by atoms with Gasteiger partial charge in [0.05, 0.1) is 7.11 Å². The Bertz CT molecular complexity index is 965. The van der Waals surface area contributed by atoms with E-state index < -0.39 is 12.1 Å². The van der Waals surface area contributed by atoms with Crippen molar-refractivity contribution in [1.82, 2.24) is 4.90 Å². The van der Waals surface area contributed by atoms with Crippen molar-refractivity contribution in [3.05, 3.63) is 58.1 Å². The number of hydrogen-bond acceptors (Lipinski definition) is 5. The summed E-state index contributed by atoms with van der Waals surface area (Å²) in [5, 5.41) is 0. The van der Waals surface area contributed by atoms with Gasteiger partial charge in [0.1, 0.15) is 0 Å². The van der Waals surface area contributed by atoms with Crippen molar-refractivity contribution in [1.29, 1.82) is 0 Å². The Morgan fingerprint density at radius 1 is 1.13 bits per heavy atom. The predicted octanol–water partition coefficient (Wildman–Crippen LogP) is 3.36. The Balaban J connectivity index is 0.00000272. The molecule has 31 heavy (non-hydrogen) atoms. The van der Waals surface area contributed by atoms with Gasteiger partial charge in [-0.25, -0.2) is 0 Å². The maximum atomic E-state index is 11.3. The van der Waals surface area contributed by atoms with Gasteiger partial charge < -0.3 is 15.2 Å². The van der Waals surface area contributed by atoms with Crippen molar-refractivity contribution in [2.24, 2.45) is 11.5 Å². The monoisotopic (exact) mass is 445 g/mol. The number of rotatable bonds is 5. The van der Waals surface area contributed by atoms with Crippen LogP contribution >= 0.6 is 12.4 Å². The third-order valence-electron chi connectivity index (χ3n) is 6.55. The number of aryl methyl sites for hydroxylation is 2. The van der Waals surface area contributed by atoms with Gasteiger partial charge in [0, 0.05) is 19.1 Å². The fraction of sp³-hybridized carbons (Fsp3) is 0.458. The molecule has 1 saturated heterocycles. The minimum absolute atomic E-state index is 0. The van der Waals surface area contributed by atoms with E-state index in [2.05, 4.69) is 36.9 Å². The summed E-state index contributed by atoms with van der Waals surface area (Å²) >= 11 is 0. The standard InChI is InChI=1S/C24H31N3O3.ClH/c1-14-4-5-15(2)18(10-14)17-6-7-20-19-12-21(29-3)22(30-24(26)23(25)28)11-16(19)8-9-27(20)13-17;/h4-5,10-12,17,20,24H,6-9,13,26H2,1-3H3,(H2,25,28);1H. The minimum atomic E-state index is -1.19. The fourth-order valence-electron chi connectivity index (χ4n) is 4.95. The second-order valence-corrected chi connectivity index (χ2v) is 8.54. The molecular weight excluding hydrogens is 414 g/mol. The Morgan fingerprint density at radius 3 is 2.61 bits per heavy atom. The zero-order valence-corrected chi connectivity index (χ0v) is 19.2. The number of primary amides is 1. The molecule has 2 heterocycles. The van der Waals surface area contributed by atoms with Crippen LogP contribution < -0.4 is 20.9 Å². The molecule has 1 fully saturated rings. The number of amides is 1. The third kappa shape index (κ3) is 4.66. The summed E-state index contributed by atoms with van der Waals surface area (Å²) in [6.45, 7) is 6.46. The van der Waals surface area contributed by atoms with E-state index in [-0.39, 0.29) is 12.4 Å². The maximum absolute atomic E-state index is 11.3. The molecule has 2 aliphatic heterocycles. The van der Waals surface area contributed by atoms with Crippen LogP contribution in [0, 0.1) is 13.8 Å². The summed E-state index contributed by atoms with van der Waals surface area (Å²) in [5.74, 6) is 0.926. The van der Waals surface area contributed by atoms with E-state index in [1.807, 2.05) is 12.1 Å². The van der Waals surface area contributed by atoms with E-state index in [9.17, 15) is 4.79 Å². The zero-order valence-electron chi connectivity index (χ0n) is 18.4. The SMILES string of the molecule is COc1cc2c(cc1OC(N)C(N)=O)CCN1CC(c3cc(C)ccc3C)CCC21.Cl. The molecule has 4 rings (SSSR count). The van der Waals surface area contributed by atoms with E-state index in [1.54, 1.807) is 7.11 Å². The molecule has 3 unspecified atom stereocenters. The summed E-state index contributed by atoms with van der Waals surface area (Å²) in [6.07, 6.45) is 2.01. The predicted molar refractivity (Wildman–Crippen MR) is 124 cm³/mol. The molecule has 1 amide bonds. The third-order valence-corrected chi connectivity index (χ3v) is 6.55. The molecule has 0 aliphatic carbocycles. The number of ether oxygens (including phenoxy) is 2. The number of fused-ring (bicyclic) bond motifs is 3. The number of nitrogens with two attached hydrogens (primary N) is 2. The van der Waals surface area contributed by atoms with Crippen LogP contribution in [0.3, 0.4) is 0 Å². The number of methoxy groups -OCH3 is 1. The van der Waals surface area contributed by atoms with Gasteiger partial charge in [-0.2, -0.15) is 0 Å². The Labute approximate surface area is 190 Å². The highest BCUT2D eigenvalue weighted by Gasteiger charge is 2.35. The van der Waals surface area contributed by atoms with E-state index >= 15 is 0 Å². The van der Waals surface area contributed by atoms with Crippen LogP contribution in [0.25, 0.3) is 0 Å². The lowest BCUT2D eigenvalue weighted by Crippen LogP contribution is -2.42. The van der Waals surface area contributed by atoms with E-state index in [0.29, 0.717) is 23.5 Å². The van der Waals surface area contributed by atoms with Crippen LogP contribution in [-0.4, -0.2) is 37.2 Å². The van der Waals surface area contributed by atoms with Gasteiger partial charge in [0.25, 0.3) is 5.91 Å². The normalized spacial score (nSPS) is 21.3. The summed E-state index contributed by atoms with van der Waals surface area (Å²) in [7, 11) is 1.60. The first-order chi connectivity index (χ1) is 14.4. The van der Waals surface area contributed by atoms with Crippen LogP contribution in [-0.2, 0) is 11.2 Å². The lowest BCUT2D eigenvalue weighted by Gasteiger charge is -2.44. The Morgan fingerprint density at radius 2 is 1.90 bits per heavy atom. The van der Waals surface area contributed by atoms with E-state index in [1.165, 1.54) is 27.8 Å². The lowest BCUT2D eigenvalue weighted by atomic mass is 9.80. The van der Waals surface area contributed by atoms with Crippen molar-refractivity contribution in [3.63, 3.8) is 0 Å². The number of carbonyl (C=O) groups is 1. The van der Waals surface area contributed by atoms with Crippen LogP contribution in [0.4, 0.5) is 0 Å². The molecule has 0 spiro atoms. The molecule has 4 N–H and O–H groups in total. The average molecular weight is 446 g/mol. The first-order valence-electron chi connectivity index (χ1n) is 10.6.